The molecule has 1 saturated carbocycles. The van der Waals surface area contributed by atoms with Crippen molar-refractivity contribution in [3.63, 3.8) is 0 Å². The van der Waals surface area contributed by atoms with E-state index >= 15 is 0 Å². The van der Waals surface area contributed by atoms with Gasteiger partial charge in [-0.15, -0.1) is 0 Å². The van der Waals surface area contributed by atoms with E-state index in [1.807, 2.05) is 19.1 Å². The van der Waals surface area contributed by atoms with E-state index in [9.17, 15) is 5.26 Å². The van der Waals surface area contributed by atoms with Crippen molar-refractivity contribution < 1.29 is 0 Å². The Kier molecular flexibility index (Phi) is 3.51. The Hall–Kier alpha value is -2.36. The lowest BCUT2D eigenvalue weighted by Crippen LogP contribution is -2.41. The second kappa shape index (κ2) is 5.10. The van der Waals surface area contributed by atoms with E-state index in [0.29, 0.717) is 6.42 Å². The molecule has 0 aliphatic heterocycles. The molecule has 96 valence electrons. The predicted molar refractivity (Wildman–Crippen MR) is 66.6 cm³/mol. The van der Waals surface area contributed by atoms with Gasteiger partial charge in [-0.2, -0.15) is 15.8 Å². The van der Waals surface area contributed by atoms with Gasteiger partial charge in [0.15, 0.2) is 11.4 Å². The molecule has 0 spiro atoms. The summed E-state index contributed by atoms with van der Waals surface area (Å²) in [5, 5.41) is 30.6. The number of nitrogens with one attached hydrogen (secondary N) is 1. The van der Waals surface area contributed by atoms with Gasteiger partial charge in [-0.25, -0.2) is 4.98 Å². The van der Waals surface area contributed by atoms with Gasteiger partial charge in [-0.3, -0.25) is 5.32 Å². The summed E-state index contributed by atoms with van der Waals surface area (Å²) in [7, 11) is 0. The summed E-state index contributed by atoms with van der Waals surface area (Å²) in [5.41, 5.74) is -0.0819. The van der Waals surface area contributed by atoms with Gasteiger partial charge in [0.1, 0.15) is 17.7 Å². The Morgan fingerprint density at radius 1 is 1.47 bits per heavy atom. The first-order valence-corrected chi connectivity index (χ1v) is 6.23. The van der Waals surface area contributed by atoms with Crippen LogP contribution in [0.1, 0.15) is 43.6 Å². The van der Waals surface area contributed by atoms with E-state index in [4.69, 9.17) is 10.5 Å². The molecule has 2 atom stereocenters. The third-order valence-electron chi connectivity index (χ3n) is 3.62. The lowest BCUT2D eigenvalue weighted by atomic mass is 9.99. The molecule has 1 aliphatic rings. The fraction of sp³-hybridized carbons (Fsp3) is 0.538. The Bertz CT molecular complexity index is 596. The predicted octanol–water partition coefficient (Wildman–Crippen LogP) is 1.22. The normalized spacial score (nSPS) is 25.5. The van der Waals surface area contributed by atoms with E-state index < -0.39 is 5.54 Å². The maximum Gasteiger partial charge on any atom is 0.176 e. The molecule has 1 fully saturated rings. The van der Waals surface area contributed by atoms with Crippen molar-refractivity contribution >= 4 is 0 Å². The monoisotopic (exact) mass is 254 g/mol. The summed E-state index contributed by atoms with van der Waals surface area (Å²) >= 11 is 0. The summed E-state index contributed by atoms with van der Waals surface area (Å²) in [6.07, 6.45) is 3.71. The molecule has 6 heteroatoms. The lowest BCUT2D eigenvalue weighted by Gasteiger charge is -2.22. The highest BCUT2D eigenvalue weighted by Crippen LogP contribution is 2.38. The Morgan fingerprint density at radius 3 is 2.84 bits per heavy atom. The smallest absolute Gasteiger partial charge is 0.176 e. The molecule has 0 bridgehead atoms. The van der Waals surface area contributed by atoms with Gasteiger partial charge >= 0.3 is 0 Å². The van der Waals surface area contributed by atoms with Gasteiger partial charge < -0.3 is 4.57 Å². The van der Waals surface area contributed by atoms with Gasteiger partial charge in [0.25, 0.3) is 0 Å². The number of nitrogens with zero attached hydrogens (tertiary/aromatic N) is 5. The molecule has 1 aromatic heterocycles. The number of aromatic nitrogens is 2. The van der Waals surface area contributed by atoms with E-state index in [1.54, 1.807) is 4.57 Å². The number of hydrogen-bond donors (Lipinski definition) is 1. The van der Waals surface area contributed by atoms with Crippen LogP contribution in [0.5, 0.6) is 0 Å². The Labute approximate surface area is 111 Å². The van der Waals surface area contributed by atoms with E-state index in [-0.39, 0.29) is 17.4 Å². The number of hydrogen-bond acceptors (Lipinski definition) is 5. The van der Waals surface area contributed by atoms with E-state index in [2.05, 4.69) is 16.4 Å². The van der Waals surface area contributed by atoms with Gasteiger partial charge in [-0.1, -0.05) is 6.92 Å². The molecule has 0 amide bonds. The highest BCUT2D eigenvalue weighted by atomic mass is 15.1. The summed E-state index contributed by atoms with van der Waals surface area (Å²) in [4.78, 5) is 3.95. The van der Waals surface area contributed by atoms with Crippen LogP contribution < -0.4 is 5.32 Å². The summed E-state index contributed by atoms with van der Waals surface area (Å²) in [6.45, 7) is 2.71. The van der Waals surface area contributed by atoms with Gasteiger partial charge in [0.05, 0.1) is 12.4 Å². The second-order valence-corrected chi connectivity index (χ2v) is 4.69. The Morgan fingerprint density at radius 2 is 2.26 bits per heavy atom. The largest absolute Gasteiger partial charge is 0.318 e. The minimum Gasteiger partial charge on any atom is -0.318 e. The van der Waals surface area contributed by atoms with Crippen LogP contribution in [-0.4, -0.2) is 21.6 Å². The van der Waals surface area contributed by atoms with Crippen LogP contribution in [0.2, 0.25) is 0 Å². The van der Waals surface area contributed by atoms with Crippen molar-refractivity contribution in [2.45, 2.75) is 37.8 Å². The molecule has 0 saturated heterocycles. The zero-order valence-electron chi connectivity index (χ0n) is 10.7. The minimum absolute atomic E-state index is 0.0444. The molecule has 2 unspecified atom stereocenters. The van der Waals surface area contributed by atoms with Crippen LogP contribution in [0.15, 0.2) is 6.33 Å². The average molecular weight is 254 g/mol. The molecular weight excluding hydrogens is 240 g/mol. The third kappa shape index (κ3) is 2.17. The molecule has 0 aromatic carbocycles. The molecular formula is C13H14N6. The topological polar surface area (TPSA) is 101 Å². The number of rotatable bonds is 3. The quantitative estimate of drug-likeness (QED) is 0.873. The Balaban J connectivity index is 2.28. The third-order valence-corrected chi connectivity index (χ3v) is 3.62. The van der Waals surface area contributed by atoms with Crippen molar-refractivity contribution in [3.8, 4) is 18.2 Å². The highest BCUT2D eigenvalue weighted by molar-refractivity contribution is 5.36. The number of imidazole rings is 1. The maximum atomic E-state index is 9.34. The SMILES string of the molecule is CCNC1(C#N)CCC(n2cnc(C#N)c2C#N)C1. The average Bonchev–Trinajstić information content (AvgIpc) is 3.02. The minimum atomic E-state index is -0.525. The van der Waals surface area contributed by atoms with E-state index in [1.165, 1.54) is 6.33 Å². The van der Waals surface area contributed by atoms with Crippen molar-refractivity contribution in [2.75, 3.05) is 6.54 Å². The van der Waals surface area contributed by atoms with Crippen molar-refractivity contribution in [3.05, 3.63) is 17.7 Å². The van der Waals surface area contributed by atoms with Gasteiger partial charge in [0, 0.05) is 6.04 Å². The molecule has 19 heavy (non-hydrogen) atoms. The first kappa shape index (κ1) is 13.1. The highest BCUT2D eigenvalue weighted by Gasteiger charge is 2.40. The fourth-order valence-corrected chi connectivity index (χ4v) is 2.73. The molecule has 1 heterocycles. The first-order valence-electron chi connectivity index (χ1n) is 6.23. The molecule has 6 nitrogen and oxygen atoms in total. The van der Waals surface area contributed by atoms with Gasteiger partial charge in [-0.05, 0) is 25.8 Å². The summed E-state index contributed by atoms with van der Waals surface area (Å²) in [5.74, 6) is 0. The van der Waals surface area contributed by atoms with Crippen LogP contribution in [0.3, 0.4) is 0 Å². The zero-order valence-corrected chi connectivity index (χ0v) is 10.7. The van der Waals surface area contributed by atoms with E-state index in [0.717, 1.165) is 19.4 Å². The fourth-order valence-electron chi connectivity index (χ4n) is 2.73. The molecule has 1 aliphatic carbocycles. The summed E-state index contributed by atoms with van der Waals surface area (Å²) < 4.78 is 1.73. The standard InChI is InChI=1S/C13H14N6/c1-2-18-13(8-16)4-3-10(5-13)19-9-17-11(6-14)12(19)7-15/h9-10,18H,2-5H2,1H3. The second-order valence-electron chi connectivity index (χ2n) is 4.69. The van der Waals surface area contributed by atoms with Crippen molar-refractivity contribution in [2.24, 2.45) is 0 Å². The van der Waals surface area contributed by atoms with Crippen LogP contribution in [0.25, 0.3) is 0 Å². The number of nitriles is 3. The first-order chi connectivity index (χ1) is 9.19. The van der Waals surface area contributed by atoms with Crippen LogP contribution in [0, 0.1) is 34.0 Å². The van der Waals surface area contributed by atoms with Crippen molar-refractivity contribution in [1.82, 2.24) is 14.9 Å². The van der Waals surface area contributed by atoms with Crippen molar-refractivity contribution in [1.29, 1.82) is 15.8 Å². The van der Waals surface area contributed by atoms with Crippen LogP contribution in [0.4, 0.5) is 0 Å². The summed E-state index contributed by atoms with van der Waals surface area (Å²) in [6, 6.07) is 6.33. The molecule has 1 N–H and O–H groups in total. The van der Waals surface area contributed by atoms with Gasteiger partial charge in [0.2, 0.25) is 0 Å². The molecule has 2 rings (SSSR count). The zero-order chi connectivity index (χ0) is 13.9. The van der Waals surface area contributed by atoms with Crippen LogP contribution in [-0.2, 0) is 0 Å². The van der Waals surface area contributed by atoms with Crippen LogP contribution >= 0.6 is 0 Å². The molecule has 1 aromatic rings. The molecule has 0 radical (unpaired) electrons. The maximum absolute atomic E-state index is 9.34. The lowest BCUT2D eigenvalue weighted by molar-refractivity contribution is 0.408.